The average Bonchev–Trinajstić information content (AvgIpc) is 3.54. The molecule has 0 spiro atoms. The second kappa shape index (κ2) is 10.8. The summed E-state index contributed by atoms with van der Waals surface area (Å²) in [4.78, 5) is 0. The first-order chi connectivity index (χ1) is 23.3. The molecule has 0 nitrogen and oxygen atoms in total. The lowest BCUT2D eigenvalue weighted by Crippen LogP contribution is -2.14. The zero-order chi connectivity index (χ0) is 30.9. The Morgan fingerprint density at radius 1 is 0.596 bits per heavy atom. The molecule has 1 heteroatoms. The molecule has 2 atom stereocenters. The van der Waals surface area contributed by atoms with E-state index in [1.165, 1.54) is 86.6 Å². The Hall–Kier alpha value is -4.98. The Bertz CT molecular complexity index is 2450. The molecule has 4 aliphatic rings. The van der Waals surface area contributed by atoms with Crippen LogP contribution in [0.1, 0.15) is 46.6 Å². The molecule has 1 heterocycles. The number of hydrogen-bond acceptors (Lipinski definition) is 1. The van der Waals surface area contributed by atoms with Crippen molar-refractivity contribution in [3.63, 3.8) is 0 Å². The predicted molar refractivity (Wildman–Crippen MR) is 204 cm³/mol. The molecule has 0 saturated heterocycles. The van der Waals surface area contributed by atoms with Crippen LogP contribution in [0.25, 0.3) is 65.4 Å². The van der Waals surface area contributed by atoms with Crippen molar-refractivity contribution in [2.75, 3.05) is 0 Å². The van der Waals surface area contributed by atoms with Gasteiger partial charge >= 0.3 is 0 Å². The summed E-state index contributed by atoms with van der Waals surface area (Å²) in [5.41, 5.74) is 14.0. The molecule has 4 aliphatic carbocycles. The zero-order valence-electron chi connectivity index (χ0n) is 26.2. The summed E-state index contributed by atoms with van der Waals surface area (Å²) in [7, 11) is 0. The fourth-order valence-corrected chi connectivity index (χ4v) is 9.94. The Morgan fingerprint density at radius 3 is 2.30 bits per heavy atom. The quantitative estimate of drug-likeness (QED) is 0.185. The van der Waals surface area contributed by atoms with Crippen LogP contribution >= 0.6 is 11.3 Å². The lowest BCUT2D eigenvalue weighted by Gasteiger charge is -2.28. The van der Waals surface area contributed by atoms with E-state index < -0.39 is 0 Å². The summed E-state index contributed by atoms with van der Waals surface area (Å²) in [5.74, 6) is 0.768. The minimum absolute atomic E-state index is 0.361. The van der Waals surface area contributed by atoms with Crippen molar-refractivity contribution >= 4 is 54.4 Å². The molecule has 0 aliphatic heterocycles. The molecule has 0 N–H and O–H groups in total. The van der Waals surface area contributed by atoms with Crippen LogP contribution in [-0.2, 0) is 12.8 Å². The van der Waals surface area contributed by atoms with Gasteiger partial charge in [-0.3, -0.25) is 0 Å². The summed E-state index contributed by atoms with van der Waals surface area (Å²) in [5, 5.41) is 5.50. The van der Waals surface area contributed by atoms with Gasteiger partial charge in [0.15, 0.2) is 0 Å². The van der Waals surface area contributed by atoms with Crippen molar-refractivity contribution < 1.29 is 0 Å². The molecule has 0 radical (unpaired) electrons. The van der Waals surface area contributed by atoms with Gasteiger partial charge in [-0.1, -0.05) is 140 Å². The Balaban J connectivity index is 1.18. The molecular formula is C46H34S. The van der Waals surface area contributed by atoms with Gasteiger partial charge in [0.05, 0.1) is 0 Å². The number of rotatable bonds is 3. The second-order valence-corrected chi connectivity index (χ2v) is 14.4. The van der Waals surface area contributed by atoms with Gasteiger partial charge in [-0.2, -0.15) is 0 Å². The van der Waals surface area contributed by atoms with E-state index in [-0.39, 0.29) is 0 Å². The Kier molecular flexibility index (Phi) is 6.24. The maximum atomic E-state index is 2.41. The Morgan fingerprint density at radius 2 is 1.40 bits per heavy atom. The molecule has 0 bridgehead atoms. The van der Waals surface area contributed by atoms with Crippen LogP contribution in [0.5, 0.6) is 0 Å². The normalized spacial score (nSPS) is 19.3. The van der Waals surface area contributed by atoms with E-state index in [9.17, 15) is 0 Å². The monoisotopic (exact) mass is 618 g/mol. The minimum atomic E-state index is 0.361. The van der Waals surface area contributed by atoms with Crippen LogP contribution in [0.15, 0.2) is 139 Å². The smallest absolute Gasteiger partial charge is 0.0430 e. The third kappa shape index (κ3) is 4.19. The first-order valence-electron chi connectivity index (χ1n) is 17.1. The van der Waals surface area contributed by atoms with Gasteiger partial charge in [0, 0.05) is 32.0 Å². The molecular weight excluding hydrogens is 585 g/mol. The van der Waals surface area contributed by atoms with Gasteiger partial charge in [-0.15, -0.1) is 11.3 Å². The highest BCUT2D eigenvalue weighted by Gasteiger charge is 2.26. The van der Waals surface area contributed by atoms with Crippen LogP contribution in [0.4, 0.5) is 0 Å². The van der Waals surface area contributed by atoms with Crippen molar-refractivity contribution in [3.05, 3.63) is 167 Å². The summed E-state index contributed by atoms with van der Waals surface area (Å²) in [6.07, 6.45) is 29.7. The van der Waals surface area contributed by atoms with Crippen molar-refractivity contribution in [1.82, 2.24) is 0 Å². The maximum Gasteiger partial charge on any atom is 0.0430 e. The van der Waals surface area contributed by atoms with E-state index in [0.717, 1.165) is 25.7 Å². The Labute approximate surface area is 280 Å². The van der Waals surface area contributed by atoms with Crippen molar-refractivity contribution in [1.29, 1.82) is 0 Å². The molecule has 5 aromatic carbocycles. The van der Waals surface area contributed by atoms with Crippen LogP contribution in [-0.4, -0.2) is 0 Å². The first-order valence-corrected chi connectivity index (χ1v) is 17.9. The van der Waals surface area contributed by atoms with Gasteiger partial charge in [-0.25, -0.2) is 0 Å². The second-order valence-electron chi connectivity index (χ2n) is 13.3. The highest BCUT2D eigenvalue weighted by atomic mass is 32.1. The third-order valence-corrected chi connectivity index (χ3v) is 12.0. The van der Waals surface area contributed by atoms with Crippen LogP contribution < -0.4 is 0 Å². The molecule has 0 amide bonds. The molecule has 47 heavy (non-hydrogen) atoms. The molecule has 0 saturated carbocycles. The van der Waals surface area contributed by atoms with Crippen molar-refractivity contribution in [2.24, 2.45) is 5.92 Å². The fraction of sp³-hybridized carbons (Fsp3) is 0.130. The highest BCUT2D eigenvalue weighted by Crippen LogP contribution is 2.49. The fourth-order valence-electron chi connectivity index (χ4n) is 8.67. The standard InChI is InChI=1S/C46H34S/c1-3-14-33-29(11-1)13-9-20-34(33)31-23-25-32(26-24-31)43-36-16-5-7-18-38(36)44(39-19-8-6-17-37(39)43)40-21-10-22-42-45(40)41-28-27-30-12-2-4-15-35(30)46(41)47-42/h1,3-7,9-11,13-18,20-28,33-34H,2,8,12,19H2. The average molecular weight is 619 g/mol. The van der Waals surface area contributed by atoms with E-state index >= 15 is 0 Å². The van der Waals surface area contributed by atoms with E-state index in [1.807, 2.05) is 11.3 Å². The predicted octanol–water partition coefficient (Wildman–Crippen LogP) is 12.8. The number of benzene rings is 5. The number of hydrogen-bond donors (Lipinski definition) is 0. The van der Waals surface area contributed by atoms with Crippen molar-refractivity contribution in [2.45, 2.75) is 31.6 Å². The number of thiophene rings is 1. The minimum Gasteiger partial charge on any atom is -0.135 e. The molecule has 1 aromatic heterocycles. The highest BCUT2D eigenvalue weighted by molar-refractivity contribution is 7.26. The largest absolute Gasteiger partial charge is 0.135 e. The van der Waals surface area contributed by atoms with Crippen LogP contribution in [0, 0.1) is 5.92 Å². The topological polar surface area (TPSA) is 0 Å². The van der Waals surface area contributed by atoms with Gasteiger partial charge in [0.2, 0.25) is 0 Å². The number of fused-ring (bicyclic) bond motifs is 8. The van der Waals surface area contributed by atoms with E-state index in [2.05, 4.69) is 146 Å². The van der Waals surface area contributed by atoms with E-state index in [4.69, 9.17) is 0 Å². The molecule has 224 valence electrons. The van der Waals surface area contributed by atoms with E-state index in [1.54, 1.807) is 0 Å². The van der Waals surface area contributed by atoms with E-state index in [0.29, 0.717) is 11.8 Å². The summed E-state index contributed by atoms with van der Waals surface area (Å²) in [6.45, 7) is 0. The van der Waals surface area contributed by atoms with Crippen LogP contribution in [0.3, 0.4) is 0 Å². The van der Waals surface area contributed by atoms with Gasteiger partial charge < -0.3 is 0 Å². The van der Waals surface area contributed by atoms with Crippen molar-refractivity contribution in [3.8, 4) is 22.3 Å². The summed E-state index contributed by atoms with van der Waals surface area (Å²) in [6, 6.07) is 30.4. The SMILES string of the molecule is C1=CC2=CC=CC(c3ccc(-c4c5c(c(-c6cccc7sc8c9c(ccc8c67)CCC=C9)c6ccccc46)CCC=C5)cc3)C2C=C1. The third-order valence-electron chi connectivity index (χ3n) is 10.8. The lowest BCUT2D eigenvalue weighted by molar-refractivity contribution is 0.670. The van der Waals surface area contributed by atoms with Crippen LogP contribution in [0.2, 0.25) is 0 Å². The zero-order valence-corrected chi connectivity index (χ0v) is 27.1. The molecule has 10 rings (SSSR count). The number of allylic oxidation sites excluding steroid dienone is 10. The molecule has 2 unspecified atom stereocenters. The molecule has 6 aromatic rings. The maximum absolute atomic E-state index is 2.41. The lowest BCUT2D eigenvalue weighted by atomic mass is 9.76. The first kappa shape index (κ1) is 27.2. The molecule has 0 fully saturated rings. The van der Waals surface area contributed by atoms with Gasteiger partial charge in [0.1, 0.15) is 0 Å². The summed E-state index contributed by atoms with van der Waals surface area (Å²) >= 11 is 1.97. The van der Waals surface area contributed by atoms with Gasteiger partial charge in [-0.05, 0) is 98.2 Å². The summed E-state index contributed by atoms with van der Waals surface area (Å²) < 4.78 is 2.82. The number of aryl methyl sites for hydroxylation is 1. The van der Waals surface area contributed by atoms with Gasteiger partial charge in [0.25, 0.3) is 0 Å².